The molecule has 0 bridgehead atoms. The number of nitrogens with one attached hydrogen (secondary N) is 1. The maximum atomic E-state index is 3.60. The Balaban J connectivity index is 0.000000187. The summed E-state index contributed by atoms with van der Waals surface area (Å²) in [5.74, 6) is 0. The smallest absolute Gasteiger partial charge is 0.0810 e. The molecule has 1 aliphatic rings. The first kappa shape index (κ1) is 11.7. The number of benzene rings is 3. The maximum Gasteiger partial charge on any atom is 0.0810 e. The van der Waals surface area contributed by atoms with E-state index in [-0.39, 0.29) is 0 Å². The average molecular weight is 249 g/mol. The van der Waals surface area contributed by atoms with Crippen LogP contribution in [0.2, 0.25) is 0 Å². The molecule has 19 heavy (non-hydrogen) atoms. The Morgan fingerprint density at radius 1 is 0.737 bits per heavy atom. The van der Waals surface area contributed by atoms with Gasteiger partial charge < -0.3 is 0 Å². The van der Waals surface area contributed by atoms with Crippen LogP contribution < -0.4 is 5.43 Å². The van der Waals surface area contributed by atoms with Crippen LogP contribution in [0, 0.1) is 0 Å². The van der Waals surface area contributed by atoms with Crippen LogP contribution >= 0.6 is 0 Å². The lowest BCUT2D eigenvalue weighted by molar-refractivity contribution is 0.828. The number of hydrogen-bond donors (Lipinski definition) is 1. The van der Waals surface area contributed by atoms with Gasteiger partial charge in [-0.2, -0.15) is 5.11 Å². The fraction of sp³-hybridized carbons (Fsp3) is 0.125. The molecule has 0 amide bonds. The monoisotopic (exact) mass is 249 g/mol. The highest BCUT2D eigenvalue weighted by atomic mass is 15.5. The van der Waals surface area contributed by atoms with Crippen molar-refractivity contribution in [3.05, 3.63) is 60.7 Å². The quantitative estimate of drug-likeness (QED) is 0.602. The molecule has 3 aromatic rings. The van der Waals surface area contributed by atoms with Crippen LogP contribution in [-0.4, -0.2) is 13.1 Å². The van der Waals surface area contributed by atoms with Crippen LogP contribution in [0.1, 0.15) is 0 Å². The van der Waals surface area contributed by atoms with Crippen LogP contribution in [-0.2, 0) is 0 Å². The Bertz CT molecular complexity index is 608. The molecule has 3 aromatic carbocycles. The van der Waals surface area contributed by atoms with Crippen LogP contribution in [0.25, 0.3) is 21.5 Å². The highest BCUT2D eigenvalue weighted by Crippen LogP contribution is 2.21. The minimum Gasteiger partial charge on any atom is -0.290 e. The molecule has 0 fully saturated rings. The van der Waals surface area contributed by atoms with E-state index in [1.807, 2.05) is 0 Å². The van der Waals surface area contributed by atoms with Gasteiger partial charge in [0.25, 0.3) is 0 Å². The summed E-state index contributed by atoms with van der Waals surface area (Å²) in [7, 11) is 0. The highest BCUT2D eigenvalue weighted by Gasteiger charge is 1.95. The van der Waals surface area contributed by atoms with Crippen molar-refractivity contribution in [1.82, 2.24) is 5.43 Å². The lowest BCUT2D eigenvalue weighted by Crippen LogP contribution is -1.99. The molecule has 0 aliphatic carbocycles. The van der Waals surface area contributed by atoms with E-state index in [4.69, 9.17) is 0 Å². The molecule has 0 aromatic heterocycles. The predicted molar refractivity (Wildman–Crippen MR) is 79.2 cm³/mol. The van der Waals surface area contributed by atoms with Gasteiger partial charge in [0.15, 0.2) is 0 Å². The first-order valence-electron chi connectivity index (χ1n) is 6.40. The summed E-state index contributed by atoms with van der Waals surface area (Å²) < 4.78 is 0. The Kier molecular flexibility index (Phi) is 3.36. The van der Waals surface area contributed by atoms with Gasteiger partial charge in [0.05, 0.1) is 13.1 Å². The van der Waals surface area contributed by atoms with Crippen molar-refractivity contribution >= 4 is 21.5 Å². The molecular weight excluding hydrogens is 234 g/mol. The molecule has 1 N–H and O–H groups in total. The van der Waals surface area contributed by atoms with Crippen molar-refractivity contribution < 1.29 is 0 Å². The molecular formula is C16H15N3. The first-order valence-corrected chi connectivity index (χ1v) is 6.40. The van der Waals surface area contributed by atoms with Gasteiger partial charge in [-0.3, -0.25) is 5.43 Å². The Morgan fingerprint density at radius 3 is 1.47 bits per heavy atom. The highest BCUT2D eigenvalue weighted by molar-refractivity contribution is 5.98. The summed E-state index contributed by atoms with van der Waals surface area (Å²) >= 11 is 0. The maximum absolute atomic E-state index is 3.60. The molecule has 0 radical (unpaired) electrons. The number of hydrogen-bond acceptors (Lipinski definition) is 3. The standard InChI is InChI=1S/C14H10.C2H5N3/c1-2-6-12-10-14-8-4-3-7-13(14)9-11(12)5-1;1-2-4-5-3-1/h1-10H;1-2H2,(H,3,4). The van der Waals surface area contributed by atoms with Crippen LogP contribution in [0.4, 0.5) is 0 Å². The SMILES string of the molecule is C1CNN=N1.c1ccc2cc3ccccc3cc2c1. The largest absolute Gasteiger partial charge is 0.290 e. The van der Waals surface area contributed by atoms with Crippen LogP contribution in [0.3, 0.4) is 0 Å². The van der Waals surface area contributed by atoms with E-state index >= 15 is 0 Å². The van der Waals surface area contributed by atoms with Crippen molar-refractivity contribution in [3.63, 3.8) is 0 Å². The Morgan fingerprint density at radius 2 is 1.21 bits per heavy atom. The number of rotatable bonds is 0. The summed E-state index contributed by atoms with van der Waals surface area (Å²) in [4.78, 5) is 0. The van der Waals surface area contributed by atoms with Gasteiger partial charge in [-0.25, -0.2) is 0 Å². The average Bonchev–Trinajstić information content (AvgIpc) is 3.04. The van der Waals surface area contributed by atoms with Gasteiger partial charge in [0.1, 0.15) is 0 Å². The van der Waals surface area contributed by atoms with Gasteiger partial charge in [0, 0.05) is 0 Å². The fourth-order valence-electron chi connectivity index (χ4n) is 2.13. The number of nitrogens with zero attached hydrogens (tertiary/aromatic N) is 2. The summed E-state index contributed by atoms with van der Waals surface area (Å²) in [5.41, 5.74) is 2.68. The van der Waals surface area contributed by atoms with Crippen LogP contribution in [0.5, 0.6) is 0 Å². The third-order valence-electron chi connectivity index (χ3n) is 3.08. The van der Waals surface area contributed by atoms with Crippen molar-refractivity contribution in [1.29, 1.82) is 0 Å². The Hall–Kier alpha value is -2.42. The molecule has 3 nitrogen and oxygen atoms in total. The van der Waals surface area contributed by atoms with E-state index in [0.717, 1.165) is 13.1 Å². The minimum absolute atomic E-state index is 0.847. The molecule has 1 aliphatic heterocycles. The lowest BCUT2D eigenvalue weighted by Gasteiger charge is -2.00. The molecule has 0 unspecified atom stereocenters. The normalized spacial score (nSPS) is 13.1. The third-order valence-corrected chi connectivity index (χ3v) is 3.08. The van der Waals surface area contributed by atoms with E-state index in [0.29, 0.717) is 0 Å². The number of fused-ring (bicyclic) bond motifs is 2. The molecule has 4 rings (SSSR count). The van der Waals surface area contributed by atoms with Crippen LogP contribution in [0.15, 0.2) is 71.0 Å². The van der Waals surface area contributed by atoms with Gasteiger partial charge >= 0.3 is 0 Å². The second-order valence-electron chi connectivity index (χ2n) is 4.42. The predicted octanol–water partition coefficient (Wildman–Crippen LogP) is 3.95. The van der Waals surface area contributed by atoms with Crippen molar-refractivity contribution in [2.45, 2.75) is 0 Å². The van der Waals surface area contributed by atoms with E-state index < -0.39 is 0 Å². The fourth-order valence-corrected chi connectivity index (χ4v) is 2.13. The zero-order valence-corrected chi connectivity index (χ0v) is 10.6. The molecule has 3 heteroatoms. The van der Waals surface area contributed by atoms with E-state index in [1.54, 1.807) is 0 Å². The summed E-state index contributed by atoms with van der Waals surface area (Å²) in [6, 6.07) is 21.4. The first-order chi connectivity index (χ1) is 9.43. The molecule has 0 atom stereocenters. The van der Waals surface area contributed by atoms with E-state index in [9.17, 15) is 0 Å². The van der Waals surface area contributed by atoms with E-state index in [1.165, 1.54) is 21.5 Å². The zero-order valence-electron chi connectivity index (χ0n) is 10.6. The Labute approximate surface area is 111 Å². The van der Waals surface area contributed by atoms with Crippen molar-refractivity contribution in [2.75, 3.05) is 13.1 Å². The van der Waals surface area contributed by atoms with Gasteiger partial charge in [-0.05, 0) is 33.7 Å². The molecule has 0 saturated carbocycles. The van der Waals surface area contributed by atoms with Gasteiger partial charge in [-0.15, -0.1) is 0 Å². The van der Waals surface area contributed by atoms with Gasteiger partial charge in [0.2, 0.25) is 0 Å². The van der Waals surface area contributed by atoms with Crippen molar-refractivity contribution in [3.8, 4) is 0 Å². The summed E-state index contributed by atoms with van der Waals surface area (Å²) in [6.07, 6.45) is 0. The van der Waals surface area contributed by atoms with Crippen molar-refractivity contribution in [2.24, 2.45) is 10.3 Å². The molecule has 0 spiro atoms. The summed E-state index contributed by atoms with van der Waals surface area (Å²) in [5, 5.41) is 12.3. The second-order valence-corrected chi connectivity index (χ2v) is 4.42. The second kappa shape index (κ2) is 5.48. The zero-order chi connectivity index (χ0) is 12.9. The van der Waals surface area contributed by atoms with E-state index in [2.05, 4.69) is 76.4 Å². The topological polar surface area (TPSA) is 36.8 Å². The molecule has 0 saturated heterocycles. The summed E-state index contributed by atoms with van der Waals surface area (Å²) in [6.45, 7) is 1.76. The lowest BCUT2D eigenvalue weighted by atomic mass is 10.0. The van der Waals surface area contributed by atoms with Gasteiger partial charge in [-0.1, -0.05) is 53.8 Å². The molecule has 1 heterocycles. The third kappa shape index (κ3) is 2.71. The molecule has 94 valence electrons. The minimum atomic E-state index is 0.847.